The summed E-state index contributed by atoms with van der Waals surface area (Å²) in [7, 11) is 0. The molecule has 0 unspecified atom stereocenters. The van der Waals surface area contributed by atoms with Gasteiger partial charge in [0.05, 0.1) is 0 Å². The van der Waals surface area contributed by atoms with Crippen molar-refractivity contribution in [1.29, 1.82) is 0 Å². The summed E-state index contributed by atoms with van der Waals surface area (Å²) in [5.41, 5.74) is 7.94. The predicted molar refractivity (Wildman–Crippen MR) is 55.2 cm³/mol. The van der Waals surface area contributed by atoms with Crippen LogP contribution < -0.4 is 16.4 Å². The Bertz CT molecular complexity index is 362. The number of benzene rings is 1. The molecule has 0 spiro atoms. The Morgan fingerprint density at radius 1 is 1.36 bits per heavy atom. The quantitative estimate of drug-likeness (QED) is 0.598. The standard InChI is InChI=1S/C10H13N3O/c11-10(14)7-1-2-8-6-12-3-4-13-9(8)5-7/h1-2,5,12-13H,3-4,6H2,(H2,11,14). The molecule has 14 heavy (non-hydrogen) atoms. The number of hydrogen-bond acceptors (Lipinski definition) is 3. The van der Waals surface area contributed by atoms with Gasteiger partial charge in [-0.25, -0.2) is 0 Å². The summed E-state index contributed by atoms with van der Waals surface area (Å²) in [6.07, 6.45) is 0. The molecule has 0 fully saturated rings. The number of hydrogen-bond donors (Lipinski definition) is 3. The average Bonchev–Trinajstić information content (AvgIpc) is 2.41. The fraction of sp³-hybridized carbons (Fsp3) is 0.300. The van der Waals surface area contributed by atoms with Gasteiger partial charge in [-0.05, 0) is 17.7 Å². The van der Waals surface area contributed by atoms with Gasteiger partial charge in [0.15, 0.2) is 0 Å². The summed E-state index contributed by atoms with van der Waals surface area (Å²) < 4.78 is 0. The number of anilines is 1. The monoisotopic (exact) mass is 191 g/mol. The molecule has 4 nitrogen and oxygen atoms in total. The van der Waals surface area contributed by atoms with Gasteiger partial charge in [-0.3, -0.25) is 4.79 Å². The third kappa shape index (κ3) is 1.70. The highest BCUT2D eigenvalue weighted by molar-refractivity contribution is 5.94. The molecule has 1 aromatic rings. The summed E-state index contributed by atoms with van der Waals surface area (Å²) in [5.74, 6) is -0.383. The van der Waals surface area contributed by atoms with E-state index in [-0.39, 0.29) is 5.91 Å². The first-order valence-corrected chi connectivity index (χ1v) is 4.65. The van der Waals surface area contributed by atoms with Gasteiger partial charge >= 0.3 is 0 Å². The molecule has 0 atom stereocenters. The lowest BCUT2D eigenvalue weighted by atomic mass is 10.1. The summed E-state index contributed by atoms with van der Waals surface area (Å²) in [5, 5.41) is 6.52. The van der Waals surface area contributed by atoms with Crippen LogP contribution in [0.5, 0.6) is 0 Å². The fourth-order valence-electron chi connectivity index (χ4n) is 1.56. The molecule has 1 aromatic carbocycles. The molecule has 74 valence electrons. The van der Waals surface area contributed by atoms with Crippen LogP contribution in [-0.4, -0.2) is 19.0 Å². The maximum Gasteiger partial charge on any atom is 0.248 e. The molecule has 4 heteroatoms. The van der Waals surface area contributed by atoms with E-state index >= 15 is 0 Å². The number of rotatable bonds is 1. The molecule has 2 rings (SSSR count). The number of amides is 1. The van der Waals surface area contributed by atoms with Crippen molar-refractivity contribution in [2.24, 2.45) is 5.73 Å². The Labute approximate surface area is 82.5 Å². The molecule has 0 aliphatic carbocycles. The van der Waals surface area contributed by atoms with Crippen LogP contribution in [0.4, 0.5) is 5.69 Å². The Morgan fingerprint density at radius 3 is 3.00 bits per heavy atom. The molecule has 1 aliphatic heterocycles. The molecule has 0 radical (unpaired) electrons. The van der Waals surface area contributed by atoms with Crippen LogP contribution >= 0.6 is 0 Å². The van der Waals surface area contributed by atoms with Crippen LogP contribution in [0.15, 0.2) is 18.2 Å². The summed E-state index contributed by atoms with van der Waals surface area (Å²) >= 11 is 0. The van der Waals surface area contributed by atoms with Crippen LogP contribution in [0.2, 0.25) is 0 Å². The van der Waals surface area contributed by atoms with Crippen molar-refractivity contribution in [2.45, 2.75) is 6.54 Å². The largest absolute Gasteiger partial charge is 0.383 e. The highest BCUT2D eigenvalue weighted by Crippen LogP contribution is 2.18. The van der Waals surface area contributed by atoms with E-state index in [0.717, 1.165) is 25.3 Å². The number of nitrogens with two attached hydrogens (primary N) is 1. The minimum Gasteiger partial charge on any atom is -0.383 e. The summed E-state index contributed by atoms with van der Waals surface area (Å²) in [6, 6.07) is 5.50. The lowest BCUT2D eigenvalue weighted by Crippen LogP contribution is -2.16. The second kappa shape index (κ2) is 3.67. The number of fused-ring (bicyclic) bond motifs is 1. The molecule has 0 bridgehead atoms. The summed E-state index contributed by atoms with van der Waals surface area (Å²) in [4.78, 5) is 11.0. The van der Waals surface area contributed by atoms with E-state index in [1.54, 1.807) is 6.07 Å². The van der Waals surface area contributed by atoms with E-state index in [1.165, 1.54) is 5.56 Å². The van der Waals surface area contributed by atoms with Crippen LogP contribution in [0.3, 0.4) is 0 Å². The van der Waals surface area contributed by atoms with E-state index in [1.807, 2.05) is 12.1 Å². The first kappa shape index (κ1) is 9.02. The third-order valence-electron chi connectivity index (χ3n) is 2.33. The van der Waals surface area contributed by atoms with E-state index in [2.05, 4.69) is 10.6 Å². The minimum absolute atomic E-state index is 0.383. The molecule has 1 heterocycles. The maximum atomic E-state index is 11.0. The smallest absolute Gasteiger partial charge is 0.248 e. The van der Waals surface area contributed by atoms with Crippen molar-refractivity contribution in [3.05, 3.63) is 29.3 Å². The molecule has 1 amide bonds. The van der Waals surface area contributed by atoms with Gasteiger partial charge in [-0.2, -0.15) is 0 Å². The topological polar surface area (TPSA) is 67.2 Å². The molecule has 0 saturated carbocycles. The van der Waals surface area contributed by atoms with Crippen LogP contribution in [0.25, 0.3) is 0 Å². The predicted octanol–water partition coefficient (Wildman–Crippen LogP) is 0.301. The average molecular weight is 191 g/mol. The number of carbonyl (C=O) groups excluding carboxylic acids is 1. The maximum absolute atomic E-state index is 11.0. The second-order valence-electron chi connectivity index (χ2n) is 3.34. The van der Waals surface area contributed by atoms with Gasteiger partial charge in [0.2, 0.25) is 5.91 Å². The Balaban J connectivity index is 2.37. The van der Waals surface area contributed by atoms with Gasteiger partial charge in [-0.15, -0.1) is 0 Å². The zero-order valence-electron chi connectivity index (χ0n) is 7.84. The van der Waals surface area contributed by atoms with E-state index < -0.39 is 0 Å². The zero-order valence-corrected chi connectivity index (χ0v) is 7.84. The Hall–Kier alpha value is -1.55. The number of carbonyl (C=O) groups is 1. The zero-order chi connectivity index (χ0) is 9.97. The lowest BCUT2D eigenvalue weighted by molar-refractivity contribution is 0.100. The van der Waals surface area contributed by atoms with Crippen molar-refractivity contribution in [1.82, 2.24) is 5.32 Å². The SMILES string of the molecule is NC(=O)c1ccc2c(c1)NCCNC2. The Kier molecular flexibility index (Phi) is 2.37. The molecular formula is C10H13N3O. The van der Waals surface area contributed by atoms with Gasteiger partial charge in [-0.1, -0.05) is 6.07 Å². The van der Waals surface area contributed by atoms with Gasteiger partial charge < -0.3 is 16.4 Å². The third-order valence-corrected chi connectivity index (χ3v) is 2.33. The first-order chi connectivity index (χ1) is 6.77. The summed E-state index contributed by atoms with van der Waals surface area (Å²) in [6.45, 7) is 2.64. The van der Waals surface area contributed by atoms with Crippen molar-refractivity contribution < 1.29 is 4.79 Å². The van der Waals surface area contributed by atoms with E-state index in [9.17, 15) is 4.79 Å². The fourth-order valence-corrected chi connectivity index (χ4v) is 1.56. The highest BCUT2D eigenvalue weighted by atomic mass is 16.1. The second-order valence-corrected chi connectivity index (χ2v) is 3.34. The van der Waals surface area contributed by atoms with Crippen molar-refractivity contribution in [2.75, 3.05) is 18.4 Å². The minimum atomic E-state index is -0.383. The molecule has 1 aliphatic rings. The van der Waals surface area contributed by atoms with Crippen molar-refractivity contribution >= 4 is 11.6 Å². The number of nitrogens with one attached hydrogen (secondary N) is 2. The van der Waals surface area contributed by atoms with Crippen molar-refractivity contribution in [3.8, 4) is 0 Å². The molecular weight excluding hydrogens is 178 g/mol. The number of primary amides is 1. The van der Waals surface area contributed by atoms with Gasteiger partial charge in [0, 0.05) is 30.9 Å². The Morgan fingerprint density at radius 2 is 2.21 bits per heavy atom. The van der Waals surface area contributed by atoms with Gasteiger partial charge in [0.25, 0.3) is 0 Å². The highest BCUT2D eigenvalue weighted by Gasteiger charge is 2.08. The van der Waals surface area contributed by atoms with Crippen LogP contribution in [-0.2, 0) is 6.54 Å². The molecule has 0 aromatic heterocycles. The van der Waals surface area contributed by atoms with Crippen LogP contribution in [0.1, 0.15) is 15.9 Å². The van der Waals surface area contributed by atoms with Crippen LogP contribution in [0, 0.1) is 0 Å². The van der Waals surface area contributed by atoms with E-state index in [4.69, 9.17) is 5.73 Å². The first-order valence-electron chi connectivity index (χ1n) is 4.65. The van der Waals surface area contributed by atoms with Gasteiger partial charge in [0.1, 0.15) is 0 Å². The molecule has 4 N–H and O–H groups in total. The van der Waals surface area contributed by atoms with E-state index in [0.29, 0.717) is 5.56 Å². The van der Waals surface area contributed by atoms with Crippen molar-refractivity contribution in [3.63, 3.8) is 0 Å². The normalized spacial score (nSPS) is 15.1. The molecule has 0 saturated heterocycles. The lowest BCUT2D eigenvalue weighted by Gasteiger charge is -2.07.